The first-order valence-corrected chi connectivity index (χ1v) is 9.81. The van der Waals surface area contributed by atoms with E-state index in [0.29, 0.717) is 19.5 Å². The van der Waals surface area contributed by atoms with Crippen molar-refractivity contribution >= 4 is 20.0 Å². The van der Waals surface area contributed by atoms with Crippen molar-refractivity contribution in [1.82, 2.24) is 9.44 Å². The van der Waals surface area contributed by atoms with E-state index in [4.69, 9.17) is 0 Å². The van der Waals surface area contributed by atoms with Crippen LogP contribution >= 0.6 is 0 Å². The van der Waals surface area contributed by atoms with E-state index in [1.807, 2.05) is 0 Å². The molecule has 0 aliphatic rings. The minimum Gasteiger partial charge on any atom is -0.215 e. The summed E-state index contributed by atoms with van der Waals surface area (Å²) in [5.41, 5.74) is 0. The molecule has 18 heavy (non-hydrogen) atoms. The monoisotopic (exact) mass is 300 g/mol. The van der Waals surface area contributed by atoms with Gasteiger partial charge in [-0.1, -0.05) is 19.8 Å². The van der Waals surface area contributed by atoms with Crippen molar-refractivity contribution in [3.05, 3.63) is 0 Å². The predicted octanol–water partition coefficient (Wildman–Crippen LogP) is 0.281. The van der Waals surface area contributed by atoms with E-state index in [1.165, 1.54) is 0 Å². The Hall–Kier alpha value is -0.180. The molecule has 110 valence electrons. The average molecular weight is 300 g/mol. The average Bonchev–Trinajstić information content (AvgIpc) is 2.18. The largest absolute Gasteiger partial charge is 0.215 e. The minimum absolute atomic E-state index is 0.161. The highest BCUT2D eigenvalue weighted by atomic mass is 32.2. The fraction of sp³-hybridized carbons (Fsp3) is 1.00. The van der Waals surface area contributed by atoms with E-state index in [1.54, 1.807) is 0 Å². The predicted molar refractivity (Wildman–Crippen MR) is 73.3 cm³/mol. The Labute approximate surface area is 111 Å². The molecule has 0 fully saturated rings. The highest BCUT2D eigenvalue weighted by Crippen LogP contribution is 2.11. The van der Waals surface area contributed by atoms with E-state index in [0.717, 1.165) is 31.8 Å². The van der Waals surface area contributed by atoms with Gasteiger partial charge >= 0.3 is 0 Å². The van der Waals surface area contributed by atoms with Gasteiger partial charge in [-0.25, -0.2) is 26.3 Å². The minimum atomic E-state index is -3.19. The number of hydrogen-bond acceptors (Lipinski definition) is 4. The molecule has 1 unspecified atom stereocenters. The van der Waals surface area contributed by atoms with Gasteiger partial charge in [0.2, 0.25) is 20.0 Å². The zero-order valence-electron chi connectivity index (χ0n) is 11.3. The van der Waals surface area contributed by atoms with Crippen LogP contribution in [0, 0.1) is 5.92 Å². The summed E-state index contributed by atoms with van der Waals surface area (Å²) in [6.07, 6.45) is 5.81. The molecule has 0 aliphatic carbocycles. The summed E-state index contributed by atoms with van der Waals surface area (Å²) in [5.74, 6) is 0.161. The van der Waals surface area contributed by atoms with Crippen LogP contribution in [0.5, 0.6) is 0 Å². The van der Waals surface area contributed by atoms with E-state index in [-0.39, 0.29) is 5.92 Å². The van der Waals surface area contributed by atoms with Crippen LogP contribution in [0.4, 0.5) is 0 Å². The lowest BCUT2D eigenvalue weighted by Gasteiger charge is -2.16. The van der Waals surface area contributed by atoms with Crippen molar-refractivity contribution < 1.29 is 16.8 Å². The molecule has 0 spiro atoms. The van der Waals surface area contributed by atoms with Gasteiger partial charge < -0.3 is 0 Å². The molecule has 6 nitrogen and oxygen atoms in total. The number of hydrogen-bond donors (Lipinski definition) is 2. The molecule has 2 N–H and O–H groups in total. The summed E-state index contributed by atoms with van der Waals surface area (Å²) in [6, 6.07) is 0. The van der Waals surface area contributed by atoms with Crippen molar-refractivity contribution in [1.29, 1.82) is 0 Å². The Kier molecular flexibility index (Phi) is 8.00. The molecule has 0 aromatic rings. The van der Waals surface area contributed by atoms with Gasteiger partial charge in [0.15, 0.2) is 0 Å². The maximum Gasteiger partial charge on any atom is 0.208 e. The zero-order chi connectivity index (χ0) is 14.2. The van der Waals surface area contributed by atoms with Crippen LogP contribution < -0.4 is 9.44 Å². The maximum absolute atomic E-state index is 11.0. The Morgan fingerprint density at radius 2 is 1.50 bits per heavy atom. The molecule has 0 rings (SSSR count). The fourth-order valence-electron chi connectivity index (χ4n) is 1.56. The maximum atomic E-state index is 11.0. The lowest BCUT2D eigenvalue weighted by Crippen LogP contribution is -2.31. The molecule has 1 atom stereocenters. The molecule has 0 heterocycles. The summed E-state index contributed by atoms with van der Waals surface area (Å²) in [6.45, 7) is 2.78. The summed E-state index contributed by atoms with van der Waals surface area (Å²) in [4.78, 5) is 0. The summed E-state index contributed by atoms with van der Waals surface area (Å²) in [7, 11) is -6.36. The van der Waals surface area contributed by atoms with Crippen molar-refractivity contribution in [2.24, 2.45) is 5.92 Å². The van der Waals surface area contributed by atoms with Gasteiger partial charge in [-0.05, 0) is 18.8 Å². The van der Waals surface area contributed by atoms with Gasteiger partial charge in [-0.15, -0.1) is 0 Å². The standard InChI is InChI=1S/C10H24N2O4S2/c1-4-5-6-10(9-12-18(3,15)16)7-8-11-17(2,13)14/h10-12H,4-9H2,1-3H3. The second kappa shape index (κ2) is 8.08. The third-order valence-electron chi connectivity index (χ3n) is 2.52. The number of nitrogens with one attached hydrogen (secondary N) is 2. The van der Waals surface area contributed by atoms with Crippen LogP contribution in [0.1, 0.15) is 32.6 Å². The van der Waals surface area contributed by atoms with Gasteiger partial charge in [-0.2, -0.15) is 0 Å². The lowest BCUT2D eigenvalue weighted by molar-refractivity contribution is 0.427. The third kappa shape index (κ3) is 12.3. The first-order chi connectivity index (χ1) is 8.14. The molecule has 0 aliphatic heterocycles. The highest BCUT2D eigenvalue weighted by molar-refractivity contribution is 7.89. The van der Waals surface area contributed by atoms with Gasteiger partial charge in [0.25, 0.3) is 0 Å². The molecule has 0 radical (unpaired) electrons. The summed E-state index contributed by atoms with van der Waals surface area (Å²) < 4.78 is 48.8. The van der Waals surface area contributed by atoms with Crippen molar-refractivity contribution in [2.45, 2.75) is 32.6 Å². The fourth-order valence-corrected chi connectivity index (χ4v) is 2.59. The SMILES string of the molecule is CCCCC(CCNS(C)(=O)=O)CNS(C)(=O)=O. The first kappa shape index (κ1) is 17.8. The molecule has 0 aromatic heterocycles. The molecule has 0 saturated heterocycles. The van der Waals surface area contributed by atoms with Crippen molar-refractivity contribution in [3.8, 4) is 0 Å². The number of rotatable bonds is 10. The quantitative estimate of drug-likeness (QED) is 0.606. The molecule has 0 amide bonds. The van der Waals surface area contributed by atoms with Crippen LogP contribution in [-0.2, 0) is 20.0 Å². The Balaban J connectivity index is 4.14. The van der Waals surface area contributed by atoms with Crippen LogP contribution in [0.3, 0.4) is 0 Å². The highest BCUT2D eigenvalue weighted by Gasteiger charge is 2.12. The van der Waals surface area contributed by atoms with Crippen LogP contribution in [0.25, 0.3) is 0 Å². The van der Waals surface area contributed by atoms with Crippen molar-refractivity contribution in [2.75, 3.05) is 25.6 Å². The Morgan fingerprint density at radius 3 is 1.94 bits per heavy atom. The van der Waals surface area contributed by atoms with E-state index in [2.05, 4.69) is 16.4 Å². The van der Waals surface area contributed by atoms with E-state index < -0.39 is 20.0 Å². The summed E-state index contributed by atoms with van der Waals surface area (Å²) >= 11 is 0. The molecule has 0 saturated carbocycles. The van der Waals surface area contributed by atoms with E-state index >= 15 is 0 Å². The van der Waals surface area contributed by atoms with Crippen LogP contribution in [0.15, 0.2) is 0 Å². The van der Waals surface area contributed by atoms with Crippen molar-refractivity contribution in [3.63, 3.8) is 0 Å². The second-order valence-electron chi connectivity index (χ2n) is 4.58. The van der Waals surface area contributed by atoms with Crippen LogP contribution in [0.2, 0.25) is 0 Å². The van der Waals surface area contributed by atoms with Gasteiger partial charge in [0.1, 0.15) is 0 Å². The number of sulfonamides is 2. The molecule has 8 heteroatoms. The molecular weight excluding hydrogens is 276 g/mol. The Morgan fingerprint density at radius 1 is 0.944 bits per heavy atom. The van der Waals surface area contributed by atoms with Gasteiger partial charge in [0, 0.05) is 13.1 Å². The van der Waals surface area contributed by atoms with Gasteiger partial charge in [0.05, 0.1) is 12.5 Å². The second-order valence-corrected chi connectivity index (χ2v) is 8.25. The molecule has 0 aromatic carbocycles. The lowest BCUT2D eigenvalue weighted by atomic mass is 9.99. The Bertz CT molecular complexity index is 417. The van der Waals surface area contributed by atoms with Crippen LogP contribution in [-0.4, -0.2) is 42.4 Å². The molecule has 0 bridgehead atoms. The van der Waals surface area contributed by atoms with Gasteiger partial charge in [-0.3, -0.25) is 0 Å². The zero-order valence-corrected chi connectivity index (χ0v) is 12.9. The molecular formula is C10H24N2O4S2. The topological polar surface area (TPSA) is 92.3 Å². The number of unbranched alkanes of at least 4 members (excludes halogenated alkanes) is 1. The normalized spacial score (nSPS) is 14.6. The van der Waals surface area contributed by atoms with E-state index in [9.17, 15) is 16.8 Å². The first-order valence-electron chi connectivity index (χ1n) is 6.03. The third-order valence-corrected chi connectivity index (χ3v) is 3.94. The summed E-state index contributed by atoms with van der Waals surface area (Å²) in [5, 5.41) is 0. The smallest absolute Gasteiger partial charge is 0.208 e.